The number of benzene rings is 1. The molecule has 90 valence electrons. The maximum Gasteiger partial charge on any atom is 0.144 e. The van der Waals surface area contributed by atoms with E-state index in [4.69, 9.17) is 20.7 Å². The third-order valence-electron chi connectivity index (χ3n) is 2.17. The smallest absolute Gasteiger partial charge is 0.144 e. The first-order valence-electron chi connectivity index (χ1n) is 5.22. The van der Waals surface area contributed by atoms with E-state index >= 15 is 0 Å². The summed E-state index contributed by atoms with van der Waals surface area (Å²) >= 11 is 0. The van der Waals surface area contributed by atoms with Crippen molar-refractivity contribution >= 4 is 11.4 Å². The second-order valence-electron chi connectivity index (χ2n) is 3.36. The van der Waals surface area contributed by atoms with Crippen LogP contribution in [0.1, 0.15) is 6.92 Å². The van der Waals surface area contributed by atoms with Gasteiger partial charge in [0.2, 0.25) is 0 Å². The number of rotatable bonds is 6. The number of aliphatic hydroxyl groups is 2. The molecule has 0 aliphatic carbocycles. The zero-order valence-electron chi connectivity index (χ0n) is 9.31. The van der Waals surface area contributed by atoms with Gasteiger partial charge in [-0.25, -0.2) is 0 Å². The highest BCUT2D eigenvalue weighted by Crippen LogP contribution is 2.29. The maximum atomic E-state index is 8.96. The molecule has 5 nitrogen and oxygen atoms in total. The van der Waals surface area contributed by atoms with Gasteiger partial charge in [0.15, 0.2) is 0 Å². The van der Waals surface area contributed by atoms with Crippen molar-refractivity contribution in [3.05, 3.63) is 18.2 Å². The molecule has 0 saturated carbocycles. The molecule has 0 aromatic heterocycles. The zero-order chi connectivity index (χ0) is 12.0. The van der Waals surface area contributed by atoms with E-state index < -0.39 is 6.04 Å². The van der Waals surface area contributed by atoms with Crippen molar-refractivity contribution in [2.75, 3.05) is 30.9 Å². The molecule has 0 radical (unpaired) electrons. The van der Waals surface area contributed by atoms with Crippen molar-refractivity contribution in [2.45, 2.75) is 13.0 Å². The molecule has 5 heteroatoms. The van der Waals surface area contributed by atoms with Gasteiger partial charge in [0, 0.05) is 0 Å². The Bertz CT molecular complexity index is 327. The lowest BCUT2D eigenvalue weighted by Gasteiger charge is -2.18. The van der Waals surface area contributed by atoms with E-state index in [1.807, 2.05) is 6.92 Å². The van der Waals surface area contributed by atoms with Crippen molar-refractivity contribution < 1.29 is 14.9 Å². The van der Waals surface area contributed by atoms with Crippen LogP contribution in [0.4, 0.5) is 11.4 Å². The fraction of sp³-hybridized carbons (Fsp3) is 0.455. The van der Waals surface area contributed by atoms with Crippen LogP contribution in [0.25, 0.3) is 0 Å². The first kappa shape index (κ1) is 12.6. The highest BCUT2D eigenvalue weighted by molar-refractivity contribution is 5.73. The van der Waals surface area contributed by atoms with E-state index in [2.05, 4.69) is 5.32 Å². The Labute approximate surface area is 94.8 Å². The quantitative estimate of drug-likeness (QED) is 0.528. The number of aliphatic hydroxyl groups excluding tert-OH is 2. The van der Waals surface area contributed by atoms with Crippen LogP contribution < -0.4 is 15.8 Å². The van der Waals surface area contributed by atoms with E-state index in [0.717, 1.165) is 0 Å². The lowest BCUT2D eigenvalue weighted by atomic mass is 10.2. The maximum absolute atomic E-state index is 8.96. The Kier molecular flexibility index (Phi) is 4.88. The van der Waals surface area contributed by atoms with Gasteiger partial charge in [0.1, 0.15) is 5.75 Å². The SMILES string of the molecule is CCOc1cccc(NC(CO)CO)c1N. The summed E-state index contributed by atoms with van der Waals surface area (Å²) in [5, 5.41) is 20.9. The first-order valence-corrected chi connectivity index (χ1v) is 5.22. The van der Waals surface area contributed by atoms with E-state index in [9.17, 15) is 0 Å². The molecule has 1 rings (SSSR count). The average Bonchev–Trinajstić information content (AvgIpc) is 2.30. The molecule has 0 unspecified atom stereocenters. The van der Waals surface area contributed by atoms with Gasteiger partial charge in [0.05, 0.1) is 37.2 Å². The van der Waals surface area contributed by atoms with Gasteiger partial charge in [-0.15, -0.1) is 0 Å². The van der Waals surface area contributed by atoms with Crippen molar-refractivity contribution in [3.63, 3.8) is 0 Å². The summed E-state index contributed by atoms with van der Waals surface area (Å²) < 4.78 is 5.34. The van der Waals surface area contributed by atoms with E-state index in [1.54, 1.807) is 18.2 Å². The minimum atomic E-state index is -0.417. The normalized spacial score (nSPS) is 10.5. The van der Waals surface area contributed by atoms with Crippen molar-refractivity contribution in [3.8, 4) is 5.75 Å². The van der Waals surface area contributed by atoms with E-state index in [0.29, 0.717) is 23.7 Å². The van der Waals surface area contributed by atoms with Crippen LogP contribution in [0.3, 0.4) is 0 Å². The number of para-hydroxylation sites is 1. The van der Waals surface area contributed by atoms with Gasteiger partial charge in [-0.05, 0) is 19.1 Å². The lowest BCUT2D eigenvalue weighted by molar-refractivity contribution is 0.204. The number of ether oxygens (including phenoxy) is 1. The van der Waals surface area contributed by atoms with Crippen molar-refractivity contribution in [1.29, 1.82) is 0 Å². The summed E-state index contributed by atoms with van der Waals surface area (Å²) in [6.45, 7) is 2.10. The monoisotopic (exact) mass is 226 g/mol. The molecule has 1 aromatic carbocycles. The highest BCUT2D eigenvalue weighted by atomic mass is 16.5. The van der Waals surface area contributed by atoms with Gasteiger partial charge < -0.3 is 26.0 Å². The van der Waals surface area contributed by atoms with Crippen LogP contribution in [0.2, 0.25) is 0 Å². The fourth-order valence-electron chi connectivity index (χ4n) is 1.32. The minimum Gasteiger partial charge on any atom is -0.492 e. The molecule has 5 N–H and O–H groups in total. The summed E-state index contributed by atoms with van der Waals surface area (Å²) in [5.74, 6) is 0.599. The number of nitrogens with two attached hydrogens (primary N) is 1. The molecule has 0 aliphatic rings. The van der Waals surface area contributed by atoms with Crippen LogP contribution in [0.15, 0.2) is 18.2 Å². The topological polar surface area (TPSA) is 87.7 Å². The van der Waals surface area contributed by atoms with Gasteiger partial charge in [-0.2, -0.15) is 0 Å². The van der Waals surface area contributed by atoms with E-state index in [-0.39, 0.29) is 13.2 Å². The fourth-order valence-corrected chi connectivity index (χ4v) is 1.32. The Hall–Kier alpha value is -1.46. The minimum absolute atomic E-state index is 0.158. The Morgan fingerprint density at radius 3 is 2.62 bits per heavy atom. The summed E-state index contributed by atoms with van der Waals surface area (Å²) in [6.07, 6.45) is 0. The summed E-state index contributed by atoms with van der Waals surface area (Å²) in [7, 11) is 0. The molecule has 1 aromatic rings. The highest BCUT2D eigenvalue weighted by Gasteiger charge is 2.10. The summed E-state index contributed by atoms with van der Waals surface area (Å²) in [4.78, 5) is 0. The molecular formula is C11H18N2O3. The molecular weight excluding hydrogens is 208 g/mol. The van der Waals surface area contributed by atoms with Crippen LogP contribution in [-0.2, 0) is 0 Å². The first-order chi connectivity index (χ1) is 7.72. The van der Waals surface area contributed by atoms with Gasteiger partial charge in [-0.3, -0.25) is 0 Å². The number of anilines is 2. The van der Waals surface area contributed by atoms with E-state index in [1.165, 1.54) is 0 Å². The summed E-state index contributed by atoms with van der Waals surface area (Å²) in [6, 6.07) is 4.93. The van der Waals surface area contributed by atoms with Crippen LogP contribution in [0, 0.1) is 0 Å². The molecule has 0 amide bonds. The Balaban J connectivity index is 2.83. The predicted octanol–water partition coefficient (Wildman–Crippen LogP) is 0.433. The van der Waals surface area contributed by atoms with Gasteiger partial charge in [0.25, 0.3) is 0 Å². The molecule has 0 saturated heterocycles. The lowest BCUT2D eigenvalue weighted by Crippen LogP contribution is -2.28. The van der Waals surface area contributed by atoms with Crippen molar-refractivity contribution in [1.82, 2.24) is 0 Å². The number of hydrogen-bond donors (Lipinski definition) is 4. The predicted molar refractivity (Wildman–Crippen MR) is 63.6 cm³/mol. The standard InChI is InChI=1S/C11H18N2O3/c1-2-16-10-5-3-4-9(11(10)12)13-8(6-14)7-15/h3-5,8,13-15H,2,6-7,12H2,1H3. The molecule has 0 bridgehead atoms. The van der Waals surface area contributed by atoms with Gasteiger partial charge >= 0.3 is 0 Å². The zero-order valence-corrected chi connectivity index (χ0v) is 9.31. The van der Waals surface area contributed by atoms with Crippen molar-refractivity contribution in [2.24, 2.45) is 0 Å². The molecule has 0 fully saturated rings. The summed E-state index contributed by atoms with van der Waals surface area (Å²) in [5.41, 5.74) is 7.01. The van der Waals surface area contributed by atoms with Gasteiger partial charge in [-0.1, -0.05) is 6.07 Å². The average molecular weight is 226 g/mol. The Morgan fingerprint density at radius 2 is 2.06 bits per heavy atom. The molecule has 0 atom stereocenters. The number of nitrogens with one attached hydrogen (secondary N) is 1. The third-order valence-corrected chi connectivity index (χ3v) is 2.17. The number of nitrogen functional groups attached to an aromatic ring is 1. The molecule has 0 spiro atoms. The van der Waals surface area contributed by atoms with Crippen LogP contribution in [-0.4, -0.2) is 36.1 Å². The van der Waals surface area contributed by atoms with Crippen LogP contribution in [0.5, 0.6) is 5.75 Å². The molecule has 16 heavy (non-hydrogen) atoms. The second-order valence-corrected chi connectivity index (χ2v) is 3.36. The van der Waals surface area contributed by atoms with Crippen LogP contribution >= 0.6 is 0 Å². The molecule has 0 heterocycles. The Morgan fingerprint density at radius 1 is 1.38 bits per heavy atom. The second kappa shape index (κ2) is 6.19. The molecule has 0 aliphatic heterocycles. The number of hydrogen-bond acceptors (Lipinski definition) is 5. The largest absolute Gasteiger partial charge is 0.492 e. The third kappa shape index (κ3) is 3.01.